The summed E-state index contributed by atoms with van der Waals surface area (Å²) in [5.74, 6) is 1.80. The number of rotatable bonds is 7. The molecule has 1 aliphatic carbocycles. The molecule has 2 heterocycles. The quantitative estimate of drug-likeness (QED) is 0.649. The van der Waals surface area contributed by atoms with E-state index in [1.54, 1.807) is 24.5 Å². The van der Waals surface area contributed by atoms with Crippen LogP contribution in [-0.4, -0.2) is 24.7 Å². The van der Waals surface area contributed by atoms with Gasteiger partial charge in [0.05, 0.1) is 23.9 Å². The lowest BCUT2D eigenvalue weighted by Gasteiger charge is -2.19. The molecule has 1 aliphatic rings. The van der Waals surface area contributed by atoms with Gasteiger partial charge in [-0.25, -0.2) is 0 Å². The number of amides is 1. The molecule has 0 spiro atoms. The number of thiophene rings is 1. The lowest BCUT2D eigenvalue weighted by molar-refractivity contribution is -0.124. The van der Waals surface area contributed by atoms with Gasteiger partial charge in [0.25, 0.3) is 0 Å². The molecule has 5 nitrogen and oxygen atoms in total. The van der Waals surface area contributed by atoms with Crippen LogP contribution in [0.3, 0.4) is 0 Å². The maximum absolute atomic E-state index is 12.8. The Morgan fingerprint density at radius 2 is 2.07 bits per heavy atom. The highest BCUT2D eigenvalue weighted by Gasteiger charge is 2.52. The fraction of sp³-hybridized carbons (Fsp3) is 0.286. The van der Waals surface area contributed by atoms with Gasteiger partial charge in [-0.15, -0.1) is 11.3 Å². The van der Waals surface area contributed by atoms with Gasteiger partial charge in [0.2, 0.25) is 5.91 Å². The first-order chi connectivity index (χ1) is 13.1. The van der Waals surface area contributed by atoms with Crippen LogP contribution >= 0.6 is 11.3 Å². The summed E-state index contributed by atoms with van der Waals surface area (Å²) in [6.45, 7) is 0.104. The molecule has 1 aromatic carbocycles. The van der Waals surface area contributed by atoms with Crippen LogP contribution in [-0.2, 0) is 10.2 Å². The number of carbonyl (C=O) groups is 1. The lowest BCUT2D eigenvalue weighted by atomic mass is 9.94. The highest BCUT2D eigenvalue weighted by atomic mass is 32.1. The molecule has 2 aromatic heterocycles. The van der Waals surface area contributed by atoms with E-state index >= 15 is 0 Å². The summed E-state index contributed by atoms with van der Waals surface area (Å²) in [6.07, 6.45) is 0.660. The first-order valence-electron chi connectivity index (χ1n) is 8.87. The highest BCUT2D eigenvalue weighted by molar-refractivity contribution is 7.13. The molecule has 0 saturated heterocycles. The van der Waals surface area contributed by atoms with Crippen LogP contribution in [0.25, 0.3) is 10.6 Å². The van der Waals surface area contributed by atoms with Gasteiger partial charge in [-0.05, 0) is 42.5 Å². The molecule has 1 unspecified atom stereocenters. The zero-order valence-corrected chi connectivity index (χ0v) is 15.8. The van der Waals surface area contributed by atoms with E-state index in [1.165, 1.54) is 0 Å². The average Bonchev–Trinajstić information content (AvgIpc) is 3.10. The van der Waals surface area contributed by atoms with E-state index in [0.717, 1.165) is 34.8 Å². The average molecular weight is 383 g/mol. The summed E-state index contributed by atoms with van der Waals surface area (Å²) in [4.78, 5) is 13.8. The summed E-state index contributed by atoms with van der Waals surface area (Å²) in [5, 5.41) is 15.3. The first kappa shape index (κ1) is 17.8. The number of aliphatic hydroxyl groups is 1. The van der Waals surface area contributed by atoms with Gasteiger partial charge in [0.15, 0.2) is 0 Å². The molecule has 1 amide bonds. The Balaban J connectivity index is 1.42. The number of para-hydroxylation sites is 1. The second-order valence-electron chi connectivity index (χ2n) is 6.69. The minimum atomic E-state index is -0.892. The van der Waals surface area contributed by atoms with Crippen molar-refractivity contribution < 1.29 is 19.1 Å². The van der Waals surface area contributed by atoms with E-state index in [0.29, 0.717) is 5.76 Å². The molecule has 4 rings (SSSR count). The Morgan fingerprint density at radius 3 is 2.78 bits per heavy atom. The summed E-state index contributed by atoms with van der Waals surface area (Å²) in [5.41, 5.74) is 0.343. The molecule has 6 heteroatoms. The van der Waals surface area contributed by atoms with Crippen LogP contribution < -0.4 is 10.1 Å². The van der Waals surface area contributed by atoms with Crippen molar-refractivity contribution >= 4 is 17.2 Å². The smallest absolute Gasteiger partial charge is 0.230 e. The number of aliphatic hydroxyl groups excluding tert-OH is 1. The molecule has 1 fully saturated rings. The predicted molar refractivity (Wildman–Crippen MR) is 104 cm³/mol. The zero-order chi connectivity index (χ0) is 18.9. The molecule has 140 valence electrons. The maximum Gasteiger partial charge on any atom is 0.230 e. The molecule has 2 N–H and O–H groups in total. The summed E-state index contributed by atoms with van der Waals surface area (Å²) in [6, 6.07) is 15.1. The third-order valence-electron chi connectivity index (χ3n) is 4.98. The van der Waals surface area contributed by atoms with Crippen molar-refractivity contribution in [1.82, 2.24) is 5.32 Å². The highest BCUT2D eigenvalue weighted by Crippen LogP contribution is 2.51. The fourth-order valence-corrected chi connectivity index (χ4v) is 4.01. The van der Waals surface area contributed by atoms with Crippen LogP contribution in [0.5, 0.6) is 5.75 Å². The SMILES string of the molecule is COc1ccccc1C1(C(=O)NCC(O)c2ccc(-c3cccs3)o2)CC1. The van der Waals surface area contributed by atoms with Gasteiger partial charge in [-0.1, -0.05) is 24.3 Å². The molecular weight excluding hydrogens is 362 g/mol. The van der Waals surface area contributed by atoms with Gasteiger partial charge in [-0.3, -0.25) is 4.79 Å². The van der Waals surface area contributed by atoms with Crippen molar-refractivity contribution in [3.63, 3.8) is 0 Å². The van der Waals surface area contributed by atoms with E-state index in [9.17, 15) is 9.90 Å². The number of benzene rings is 1. The molecule has 3 aromatic rings. The van der Waals surface area contributed by atoms with Crippen LogP contribution in [0.15, 0.2) is 58.3 Å². The van der Waals surface area contributed by atoms with E-state index < -0.39 is 11.5 Å². The molecule has 0 aliphatic heterocycles. The first-order valence-corrected chi connectivity index (χ1v) is 9.75. The van der Waals surface area contributed by atoms with E-state index in [2.05, 4.69) is 5.32 Å². The van der Waals surface area contributed by atoms with Crippen molar-refractivity contribution in [2.45, 2.75) is 24.4 Å². The third-order valence-corrected chi connectivity index (χ3v) is 5.87. The molecule has 1 atom stereocenters. The normalized spacial score (nSPS) is 15.9. The molecule has 0 bridgehead atoms. The lowest BCUT2D eigenvalue weighted by Crippen LogP contribution is -2.37. The summed E-state index contributed by atoms with van der Waals surface area (Å²) in [7, 11) is 1.61. The van der Waals surface area contributed by atoms with Crippen LogP contribution in [0.1, 0.15) is 30.3 Å². The van der Waals surface area contributed by atoms with Gasteiger partial charge in [0.1, 0.15) is 23.4 Å². The summed E-state index contributed by atoms with van der Waals surface area (Å²) >= 11 is 1.58. The standard InChI is InChI=1S/C21H21NO4S/c1-25-16-6-3-2-5-14(16)21(10-11-21)20(24)22-13-15(23)17-8-9-18(26-17)19-7-4-12-27-19/h2-9,12,15,23H,10-11,13H2,1H3,(H,22,24). The number of methoxy groups -OCH3 is 1. The Labute approximate surface area is 161 Å². The Morgan fingerprint density at radius 1 is 1.26 bits per heavy atom. The van der Waals surface area contributed by atoms with Crippen molar-refractivity contribution in [1.29, 1.82) is 0 Å². The number of carbonyl (C=O) groups excluding carboxylic acids is 1. The van der Waals surface area contributed by atoms with Gasteiger partial charge >= 0.3 is 0 Å². The fourth-order valence-electron chi connectivity index (χ4n) is 3.33. The molecular formula is C21H21NO4S. The summed E-state index contributed by atoms with van der Waals surface area (Å²) < 4.78 is 11.1. The molecule has 1 saturated carbocycles. The Bertz CT molecular complexity index is 927. The van der Waals surface area contributed by atoms with E-state index in [1.807, 2.05) is 47.8 Å². The van der Waals surface area contributed by atoms with Crippen LogP contribution in [0.2, 0.25) is 0 Å². The number of nitrogens with one attached hydrogen (secondary N) is 1. The predicted octanol–water partition coefficient (Wildman–Crippen LogP) is 3.90. The van der Waals surface area contributed by atoms with Crippen molar-refractivity contribution in [2.24, 2.45) is 0 Å². The number of ether oxygens (including phenoxy) is 1. The minimum Gasteiger partial charge on any atom is -0.496 e. The van der Waals surface area contributed by atoms with Crippen molar-refractivity contribution in [3.05, 3.63) is 65.2 Å². The Hall–Kier alpha value is -2.57. The topological polar surface area (TPSA) is 71.7 Å². The monoisotopic (exact) mass is 383 g/mol. The van der Waals surface area contributed by atoms with E-state index in [-0.39, 0.29) is 12.5 Å². The van der Waals surface area contributed by atoms with Crippen LogP contribution in [0.4, 0.5) is 0 Å². The van der Waals surface area contributed by atoms with Gasteiger partial charge in [-0.2, -0.15) is 0 Å². The van der Waals surface area contributed by atoms with E-state index in [4.69, 9.17) is 9.15 Å². The molecule has 27 heavy (non-hydrogen) atoms. The maximum atomic E-state index is 12.8. The third kappa shape index (κ3) is 3.38. The Kier molecular flexibility index (Phi) is 4.76. The number of hydrogen-bond donors (Lipinski definition) is 2. The van der Waals surface area contributed by atoms with Crippen molar-refractivity contribution in [3.8, 4) is 16.4 Å². The zero-order valence-electron chi connectivity index (χ0n) is 15.0. The van der Waals surface area contributed by atoms with Gasteiger partial charge < -0.3 is 19.6 Å². The number of hydrogen-bond acceptors (Lipinski definition) is 5. The minimum absolute atomic E-state index is 0.0870. The second-order valence-corrected chi connectivity index (χ2v) is 7.64. The van der Waals surface area contributed by atoms with Gasteiger partial charge in [0, 0.05) is 5.56 Å². The largest absolute Gasteiger partial charge is 0.496 e. The number of furan rings is 1. The molecule has 0 radical (unpaired) electrons. The second kappa shape index (κ2) is 7.21. The van der Waals surface area contributed by atoms with Crippen LogP contribution in [0, 0.1) is 0 Å². The van der Waals surface area contributed by atoms with Crippen molar-refractivity contribution in [2.75, 3.05) is 13.7 Å².